The summed E-state index contributed by atoms with van der Waals surface area (Å²) in [5.74, 6) is 2.69. The summed E-state index contributed by atoms with van der Waals surface area (Å²) in [6, 6.07) is 60.5. The number of hydrogen-bond donors (Lipinski definition) is 0. The Labute approximate surface area is 311 Å². The molecule has 5 heteroatoms. The summed E-state index contributed by atoms with van der Waals surface area (Å²) in [5.41, 5.74) is 10.1. The van der Waals surface area contributed by atoms with Gasteiger partial charge in [-0.25, -0.2) is 24.9 Å². The molecule has 53 heavy (non-hydrogen) atoms. The first-order valence-corrected chi connectivity index (χ1v) is 18.2. The molecule has 2 heterocycles. The fraction of sp³-hybridized carbons (Fsp3) is 0.104. The van der Waals surface area contributed by atoms with Crippen molar-refractivity contribution in [3.8, 4) is 68.1 Å². The minimum absolute atomic E-state index is 0.170. The van der Waals surface area contributed by atoms with Crippen LogP contribution in [0.15, 0.2) is 176 Å². The van der Waals surface area contributed by atoms with Crippen molar-refractivity contribution in [2.45, 2.75) is 32.1 Å². The van der Waals surface area contributed by atoms with Crippen molar-refractivity contribution >= 4 is 0 Å². The lowest BCUT2D eigenvalue weighted by molar-refractivity contribution is 0.478. The summed E-state index contributed by atoms with van der Waals surface area (Å²) >= 11 is 0. The Morgan fingerprint density at radius 3 is 0.962 bits per heavy atom. The van der Waals surface area contributed by atoms with Crippen LogP contribution < -0.4 is 0 Å². The van der Waals surface area contributed by atoms with Crippen LogP contribution in [0.3, 0.4) is 0 Å². The maximum atomic E-state index is 5.05. The molecule has 8 rings (SSSR count). The molecule has 0 radical (unpaired) electrons. The normalized spacial score (nSPS) is 11.4. The molecule has 8 aromatic rings. The Kier molecular flexibility index (Phi) is 9.46. The van der Waals surface area contributed by atoms with Gasteiger partial charge >= 0.3 is 0 Å². The molecule has 0 aliphatic heterocycles. The number of benzene rings is 6. The third-order valence-corrected chi connectivity index (χ3v) is 10.2. The zero-order valence-corrected chi connectivity index (χ0v) is 29.9. The van der Waals surface area contributed by atoms with Crippen molar-refractivity contribution in [1.29, 1.82) is 0 Å². The van der Waals surface area contributed by atoms with Crippen molar-refractivity contribution < 1.29 is 0 Å². The van der Waals surface area contributed by atoms with Crippen molar-refractivity contribution in [2.75, 3.05) is 0 Å². The maximum absolute atomic E-state index is 5.05. The predicted molar refractivity (Wildman–Crippen MR) is 216 cm³/mol. The standard InChI is InChI=1S/C48H39N5/c1-3-48(4-2,40-29-25-35(26-30-40)43-33-42(34-17-9-5-10-18-34)49-44(50-43)36-19-11-6-12-20-36)41-31-27-39(28-32-41)47-52-45(37-21-13-7-14-22-37)51-46(53-47)38-23-15-8-16-24-38/h5-33H,3-4H2,1-2H3. The van der Waals surface area contributed by atoms with Gasteiger partial charge in [0.15, 0.2) is 23.3 Å². The van der Waals surface area contributed by atoms with Gasteiger partial charge in [-0.3, -0.25) is 0 Å². The van der Waals surface area contributed by atoms with E-state index in [1.54, 1.807) is 0 Å². The molecule has 0 N–H and O–H groups in total. The Hall–Kier alpha value is -6.59. The van der Waals surface area contributed by atoms with Crippen molar-refractivity contribution in [1.82, 2.24) is 24.9 Å². The summed E-state index contributed by atoms with van der Waals surface area (Å²) in [5, 5.41) is 0. The van der Waals surface area contributed by atoms with Crippen molar-refractivity contribution in [3.63, 3.8) is 0 Å². The van der Waals surface area contributed by atoms with Gasteiger partial charge in [0.05, 0.1) is 11.4 Å². The Bertz CT molecular complexity index is 2140. The third-order valence-electron chi connectivity index (χ3n) is 10.2. The minimum Gasteiger partial charge on any atom is -0.228 e. The average Bonchev–Trinajstić information content (AvgIpc) is 3.26. The van der Waals surface area contributed by atoms with Gasteiger partial charge in [0.2, 0.25) is 0 Å². The van der Waals surface area contributed by atoms with E-state index < -0.39 is 0 Å². The van der Waals surface area contributed by atoms with E-state index in [-0.39, 0.29) is 5.41 Å². The first kappa shape index (κ1) is 33.5. The third kappa shape index (κ3) is 6.89. The van der Waals surface area contributed by atoms with E-state index in [0.29, 0.717) is 23.3 Å². The highest BCUT2D eigenvalue weighted by Crippen LogP contribution is 2.40. The smallest absolute Gasteiger partial charge is 0.164 e. The van der Waals surface area contributed by atoms with Crippen LogP contribution in [0.25, 0.3) is 68.1 Å². The Morgan fingerprint density at radius 2 is 0.604 bits per heavy atom. The van der Waals surface area contributed by atoms with Crippen LogP contribution in [-0.2, 0) is 5.41 Å². The van der Waals surface area contributed by atoms with E-state index in [0.717, 1.165) is 57.6 Å². The van der Waals surface area contributed by atoms with Gasteiger partial charge in [-0.15, -0.1) is 0 Å². The summed E-state index contributed by atoms with van der Waals surface area (Å²) in [7, 11) is 0. The summed E-state index contributed by atoms with van der Waals surface area (Å²) in [6.07, 6.45) is 1.90. The molecule has 5 nitrogen and oxygen atoms in total. The van der Waals surface area contributed by atoms with Crippen molar-refractivity contribution in [3.05, 3.63) is 187 Å². The molecule has 256 valence electrons. The second kappa shape index (κ2) is 14.9. The fourth-order valence-electron chi connectivity index (χ4n) is 7.14. The van der Waals surface area contributed by atoms with Crippen LogP contribution in [-0.4, -0.2) is 24.9 Å². The highest BCUT2D eigenvalue weighted by molar-refractivity contribution is 5.72. The maximum Gasteiger partial charge on any atom is 0.164 e. The average molecular weight is 686 g/mol. The van der Waals surface area contributed by atoms with Crippen LogP contribution in [0.4, 0.5) is 0 Å². The number of aromatic nitrogens is 5. The fourth-order valence-corrected chi connectivity index (χ4v) is 7.14. The van der Waals surface area contributed by atoms with Gasteiger partial charge in [0.25, 0.3) is 0 Å². The summed E-state index contributed by atoms with van der Waals surface area (Å²) in [6.45, 7) is 4.55. The zero-order chi connectivity index (χ0) is 36.0. The van der Waals surface area contributed by atoms with Gasteiger partial charge in [0.1, 0.15) is 0 Å². The molecule has 6 aromatic carbocycles. The highest BCUT2D eigenvalue weighted by Gasteiger charge is 2.31. The molecular formula is C48H39N5. The first-order chi connectivity index (χ1) is 26.1. The molecule has 0 aliphatic carbocycles. The van der Waals surface area contributed by atoms with Crippen LogP contribution >= 0.6 is 0 Å². The molecule has 0 amide bonds. The monoisotopic (exact) mass is 685 g/mol. The van der Waals surface area contributed by atoms with Gasteiger partial charge in [-0.2, -0.15) is 0 Å². The first-order valence-electron chi connectivity index (χ1n) is 18.2. The zero-order valence-electron chi connectivity index (χ0n) is 29.9. The van der Waals surface area contributed by atoms with Gasteiger partial charge < -0.3 is 0 Å². The lowest BCUT2D eigenvalue weighted by atomic mass is 9.70. The van der Waals surface area contributed by atoms with E-state index in [1.165, 1.54) is 11.1 Å². The van der Waals surface area contributed by atoms with Crippen LogP contribution in [0.5, 0.6) is 0 Å². The largest absolute Gasteiger partial charge is 0.228 e. The summed E-state index contributed by atoms with van der Waals surface area (Å²) < 4.78 is 0. The quantitative estimate of drug-likeness (QED) is 0.143. The van der Waals surface area contributed by atoms with Crippen molar-refractivity contribution in [2.24, 2.45) is 0 Å². The van der Waals surface area contributed by atoms with Gasteiger partial charge in [-0.05, 0) is 30.0 Å². The SMILES string of the molecule is CCC(CC)(c1ccc(-c2cc(-c3ccccc3)nc(-c3ccccc3)n2)cc1)c1ccc(-c2nc(-c3ccccc3)nc(-c3ccccc3)n2)cc1. The topological polar surface area (TPSA) is 64.5 Å². The van der Waals surface area contributed by atoms with E-state index >= 15 is 0 Å². The molecular weight excluding hydrogens is 647 g/mol. The molecule has 0 bridgehead atoms. The molecule has 0 fully saturated rings. The van der Waals surface area contributed by atoms with E-state index in [2.05, 4.69) is 92.7 Å². The predicted octanol–water partition coefficient (Wildman–Crippen LogP) is 11.8. The Morgan fingerprint density at radius 1 is 0.321 bits per heavy atom. The number of rotatable bonds is 10. The molecule has 0 saturated carbocycles. The lowest BCUT2D eigenvalue weighted by Gasteiger charge is -2.33. The second-order valence-electron chi connectivity index (χ2n) is 13.2. The van der Waals surface area contributed by atoms with E-state index in [1.807, 2.05) is 97.1 Å². The number of hydrogen-bond acceptors (Lipinski definition) is 5. The summed E-state index contributed by atoms with van der Waals surface area (Å²) in [4.78, 5) is 24.8. The van der Waals surface area contributed by atoms with Gasteiger partial charge in [-0.1, -0.05) is 184 Å². The molecule has 0 spiro atoms. The van der Waals surface area contributed by atoms with Crippen LogP contribution in [0, 0.1) is 0 Å². The molecule has 0 aliphatic rings. The minimum atomic E-state index is -0.170. The molecule has 2 aromatic heterocycles. The lowest BCUT2D eigenvalue weighted by Crippen LogP contribution is -2.26. The van der Waals surface area contributed by atoms with Gasteiger partial charge in [0, 0.05) is 38.8 Å². The Balaban J connectivity index is 1.14. The number of nitrogens with zero attached hydrogens (tertiary/aromatic N) is 5. The van der Waals surface area contributed by atoms with E-state index in [9.17, 15) is 0 Å². The highest BCUT2D eigenvalue weighted by atomic mass is 15.0. The van der Waals surface area contributed by atoms with Crippen LogP contribution in [0.2, 0.25) is 0 Å². The molecule has 0 saturated heterocycles. The molecule has 0 atom stereocenters. The second-order valence-corrected chi connectivity index (χ2v) is 13.2. The van der Waals surface area contributed by atoms with E-state index in [4.69, 9.17) is 24.9 Å². The molecule has 0 unspecified atom stereocenters. The van der Waals surface area contributed by atoms with Crippen LogP contribution in [0.1, 0.15) is 37.8 Å².